The zero-order valence-corrected chi connectivity index (χ0v) is 24.1. The highest BCUT2D eigenvalue weighted by Crippen LogP contribution is 2.35. The largest absolute Gasteiger partial charge is 0.493 e. The molecule has 0 aliphatic carbocycles. The molecule has 8 heteroatoms. The van der Waals surface area contributed by atoms with E-state index in [-0.39, 0.29) is 5.56 Å². The molecule has 0 unspecified atom stereocenters. The standard InChI is InChI=1S/C30H25Br2N3O3/c1-3-7-28-34-26-13-12-22(31)15-25(26)30(36)35(28)33-17-21-14-23(32)16-27(37-2)29(21)38-18-20-10-6-9-19-8-4-5-11-24(19)20/h4-6,8-17H,3,7,18H2,1-2H3. The highest BCUT2D eigenvalue weighted by molar-refractivity contribution is 9.10. The molecule has 0 atom stereocenters. The van der Waals surface area contributed by atoms with Gasteiger partial charge in [0.1, 0.15) is 12.4 Å². The Morgan fingerprint density at radius 1 is 0.974 bits per heavy atom. The van der Waals surface area contributed by atoms with Crippen molar-refractivity contribution in [2.75, 3.05) is 7.11 Å². The molecule has 4 aromatic carbocycles. The second-order valence-corrected chi connectivity index (χ2v) is 10.6. The van der Waals surface area contributed by atoms with E-state index in [0.717, 1.165) is 31.7 Å². The van der Waals surface area contributed by atoms with Crippen molar-refractivity contribution in [3.05, 3.63) is 109 Å². The predicted molar refractivity (Wildman–Crippen MR) is 160 cm³/mol. The maximum Gasteiger partial charge on any atom is 0.282 e. The average Bonchev–Trinajstić information content (AvgIpc) is 2.92. The Labute approximate surface area is 237 Å². The number of aryl methyl sites for hydroxylation is 1. The number of rotatable bonds is 8. The third-order valence-corrected chi connectivity index (χ3v) is 7.13. The van der Waals surface area contributed by atoms with Crippen LogP contribution in [0.1, 0.15) is 30.3 Å². The minimum atomic E-state index is -0.226. The summed E-state index contributed by atoms with van der Waals surface area (Å²) in [4.78, 5) is 18.2. The minimum absolute atomic E-state index is 0.226. The molecule has 0 saturated carbocycles. The summed E-state index contributed by atoms with van der Waals surface area (Å²) < 4.78 is 15.0. The number of aromatic nitrogens is 2. The quantitative estimate of drug-likeness (QED) is 0.166. The van der Waals surface area contributed by atoms with E-state index in [2.05, 4.69) is 61.2 Å². The lowest BCUT2D eigenvalue weighted by molar-refractivity contribution is 0.285. The van der Waals surface area contributed by atoms with E-state index in [9.17, 15) is 4.79 Å². The van der Waals surface area contributed by atoms with Crippen LogP contribution in [-0.4, -0.2) is 23.0 Å². The van der Waals surface area contributed by atoms with E-state index >= 15 is 0 Å². The van der Waals surface area contributed by atoms with Crippen molar-refractivity contribution < 1.29 is 9.47 Å². The SMILES string of the molecule is CCCc1nc2ccc(Br)cc2c(=O)n1N=Cc1cc(Br)cc(OC)c1OCc1cccc2ccccc12. The Bertz CT molecular complexity index is 1730. The third kappa shape index (κ3) is 5.37. The second kappa shape index (κ2) is 11.5. The molecule has 0 N–H and O–H groups in total. The van der Waals surface area contributed by atoms with Crippen LogP contribution < -0.4 is 15.0 Å². The first-order valence-electron chi connectivity index (χ1n) is 12.2. The summed E-state index contributed by atoms with van der Waals surface area (Å²) in [5.41, 5.74) is 2.15. The molecule has 0 amide bonds. The normalized spacial score (nSPS) is 11.5. The highest BCUT2D eigenvalue weighted by atomic mass is 79.9. The molecule has 0 aliphatic heterocycles. The average molecular weight is 635 g/mol. The molecule has 0 saturated heterocycles. The van der Waals surface area contributed by atoms with Gasteiger partial charge in [-0.2, -0.15) is 9.78 Å². The summed E-state index contributed by atoms with van der Waals surface area (Å²) >= 11 is 7.00. The highest BCUT2D eigenvalue weighted by Gasteiger charge is 2.15. The Balaban J connectivity index is 1.57. The summed E-state index contributed by atoms with van der Waals surface area (Å²) in [6, 6.07) is 23.6. The lowest BCUT2D eigenvalue weighted by atomic mass is 10.1. The molecule has 192 valence electrons. The van der Waals surface area contributed by atoms with Crippen molar-refractivity contribution in [1.82, 2.24) is 9.66 Å². The third-order valence-electron chi connectivity index (χ3n) is 6.18. The molecule has 0 bridgehead atoms. The summed E-state index contributed by atoms with van der Waals surface area (Å²) in [5, 5.41) is 7.38. The number of nitrogens with zero attached hydrogens (tertiary/aromatic N) is 3. The van der Waals surface area contributed by atoms with Gasteiger partial charge in [-0.25, -0.2) is 4.98 Å². The van der Waals surface area contributed by atoms with Gasteiger partial charge in [0.05, 0.1) is 24.2 Å². The minimum Gasteiger partial charge on any atom is -0.493 e. The van der Waals surface area contributed by atoms with Crippen LogP contribution in [0.15, 0.2) is 91.6 Å². The molecular weight excluding hydrogens is 610 g/mol. The first kappa shape index (κ1) is 26.1. The zero-order valence-electron chi connectivity index (χ0n) is 20.9. The van der Waals surface area contributed by atoms with E-state index < -0.39 is 0 Å². The molecule has 0 aliphatic rings. The van der Waals surface area contributed by atoms with Crippen molar-refractivity contribution in [3.8, 4) is 11.5 Å². The number of halogens is 2. The van der Waals surface area contributed by atoms with Crippen molar-refractivity contribution >= 4 is 59.7 Å². The molecule has 6 nitrogen and oxygen atoms in total. The molecule has 5 aromatic rings. The molecule has 1 aromatic heterocycles. The summed E-state index contributed by atoms with van der Waals surface area (Å²) in [6.45, 7) is 2.39. The van der Waals surface area contributed by atoms with Crippen LogP contribution in [-0.2, 0) is 13.0 Å². The van der Waals surface area contributed by atoms with E-state index in [4.69, 9.17) is 14.5 Å². The maximum atomic E-state index is 13.4. The van der Waals surface area contributed by atoms with E-state index in [0.29, 0.717) is 46.8 Å². The molecule has 5 rings (SSSR count). The monoisotopic (exact) mass is 633 g/mol. The van der Waals surface area contributed by atoms with Gasteiger partial charge < -0.3 is 9.47 Å². The number of fused-ring (bicyclic) bond motifs is 2. The lowest BCUT2D eigenvalue weighted by Gasteiger charge is -2.15. The number of benzene rings is 4. The fraction of sp³-hybridized carbons (Fsp3) is 0.167. The van der Waals surface area contributed by atoms with Gasteiger partial charge in [-0.15, -0.1) is 0 Å². The molecule has 0 spiro atoms. The molecule has 1 heterocycles. The maximum absolute atomic E-state index is 13.4. The lowest BCUT2D eigenvalue weighted by Crippen LogP contribution is -2.22. The summed E-state index contributed by atoms with van der Waals surface area (Å²) in [7, 11) is 1.60. The van der Waals surface area contributed by atoms with Crippen molar-refractivity contribution in [2.24, 2.45) is 5.10 Å². The van der Waals surface area contributed by atoms with Crippen LogP contribution in [0, 0.1) is 0 Å². The number of hydrogen-bond donors (Lipinski definition) is 0. The van der Waals surface area contributed by atoms with Gasteiger partial charge in [-0.05, 0) is 53.1 Å². The van der Waals surface area contributed by atoms with Crippen molar-refractivity contribution in [2.45, 2.75) is 26.4 Å². The van der Waals surface area contributed by atoms with Crippen molar-refractivity contribution in [1.29, 1.82) is 0 Å². The first-order valence-corrected chi connectivity index (χ1v) is 13.8. The van der Waals surface area contributed by atoms with Gasteiger partial charge in [0.15, 0.2) is 11.5 Å². The number of methoxy groups -OCH3 is 1. The van der Waals surface area contributed by atoms with Crippen LogP contribution in [0.25, 0.3) is 21.7 Å². The van der Waals surface area contributed by atoms with Gasteiger partial charge in [0, 0.05) is 20.9 Å². The molecule has 38 heavy (non-hydrogen) atoms. The number of hydrogen-bond acceptors (Lipinski definition) is 5. The molecule has 0 fully saturated rings. The second-order valence-electron chi connectivity index (χ2n) is 8.75. The topological polar surface area (TPSA) is 65.7 Å². The van der Waals surface area contributed by atoms with Gasteiger partial charge in [-0.1, -0.05) is 81.2 Å². The van der Waals surface area contributed by atoms with Crippen LogP contribution in [0.4, 0.5) is 0 Å². The number of ether oxygens (including phenoxy) is 2. The Kier molecular flexibility index (Phi) is 7.90. The van der Waals surface area contributed by atoms with Gasteiger partial charge >= 0.3 is 0 Å². The van der Waals surface area contributed by atoms with E-state index in [1.165, 1.54) is 4.68 Å². The van der Waals surface area contributed by atoms with E-state index in [1.54, 1.807) is 19.4 Å². The molecule has 0 radical (unpaired) electrons. The van der Waals surface area contributed by atoms with Crippen LogP contribution >= 0.6 is 31.9 Å². The van der Waals surface area contributed by atoms with Crippen LogP contribution in [0.3, 0.4) is 0 Å². The summed E-state index contributed by atoms with van der Waals surface area (Å²) in [6.07, 6.45) is 3.07. The Morgan fingerprint density at radius 2 is 1.79 bits per heavy atom. The fourth-order valence-electron chi connectivity index (χ4n) is 4.38. The predicted octanol–water partition coefficient (Wildman–Crippen LogP) is 7.50. The van der Waals surface area contributed by atoms with Gasteiger partial charge in [0.2, 0.25) is 0 Å². The van der Waals surface area contributed by atoms with Gasteiger partial charge in [0.25, 0.3) is 5.56 Å². The van der Waals surface area contributed by atoms with Crippen LogP contribution in [0.2, 0.25) is 0 Å². The Hall–Kier alpha value is -3.49. The van der Waals surface area contributed by atoms with E-state index in [1.807, 2.05) is 49.4 Å². The van der Waals surface area contributed by atoms with Crippen molar-refractivity contribution in [3.63, 3.8) is 0 Å². The van der Waals surface area contributed by atoms with Gasteiger partial charge in [-0.3, -0.25) is 4.79 Å². The first-order chi connectivity index (χ1) is 18.5. The Morgan fingerprint density at radius 3 is 2.61 bits per heavy atom. The summed E-state index contributed by atoms with van der Waals surface area (Å²) in [5.74, 6) is 1.69. The zero-order chi connectivity index (χ0) is 26.6. The fourth-order valence-corrected chi connectivity index (χ4v) is 5.19. The smallest absolute Gasteiger partial charge is 0.282 e. The van der Waals surface area contributed by atoms with Crippen LogP contribution in [0.5, 0.6) is 11.5 Å². The molecular formula is C30H25Br2N3O3.